The molecule has 0 spiro atoms. The Kier molecular flexibility index (Phi) is 7.99. The fourth-order valence-electron chi connectivity index (χ4n) is 1.06. The first-order valence-electron chi connectivity index (χ1n) is 4.84. The summed E-state index contributed by atoms with van der Waals surface area (Å²) in [4.78, 5) is 10.2. The van der Waals surface area contributed by atoms with Gasteiger partial charge in [0.05, 0.1) is 12.6 Å². The smallest absolute Gasteiger partial charge is 0.545 e. The van der Waals surface area contributed by atoms with Crippen molar-refractivity contribution >= 4 is 12.0 Å². The van der Waals surface area contributed by atoms with E-state index in [-0.39, 0.29) is 29.6 Å². The molecule has 0 amide bonds. The van der Waals surface area contributed by atoms with Crippen molar-refractivity contribution < 1.29 is 44.2 Å². The van der Waals surface area contributed by atoms with Crippen LogP contribution in [0.25, 0.3) is 6.08 Å². The first-order chi connectivity index (χ1) is 7.22. The van der Waals surface area contributed by atoms with E-state index in [1.54, 1.807) is 12.1 Å². The van der Waals surface area contributed by atoms with E-state index in [4.69, 9.17) is 4.74 Å². The summed E-state index contributed by atoms with van der Waals surface area (Å²) in [5, 5.41) is 10.2. The zero-order valence-electron chi connectivity index (χ0n) is 9.60. The first-order valence-corrected chi connectivity index (χ1v) is 4.84. The van der Waals surface area contributed by atoms with Crippen molar-refractivity contribution in [3.63, 3.8) is 0 Å². The standard InChI is InChI=1S/C12H14O3.Na/c1-2-9-15-11-6-3-10(4-7-11)5-8-12(13)14;/h3-8H,2,9H2,1H3,(H,13,14);/q;+1/p-1/b8-5+;. The quantitative estimate of drug-likeness (QED) is 0.443. The second-order valence-corrected chi connectivity index (χ2v) is 3.07. The third kappa shape index (κ3) is 5.95. The molecule has 0 aliphatic carbocycles. The fourth-order valence-corrected chi connectivity index (χ4v) is 1.06. The van der Waals surface area contributed by atoms with Crippen molar-refractivity contribution in [3.8, 4) is 5.75 Å². The van der Waals surface area contributed by atoms with Gasteiger partial charge in [-0.25, -0.2) is 0 Å². The Balaban J connectivity index is 0.00000225. The second kappa shape index (κ2) is 8.39. The molecule has 0 bridgehead atoms. The summed E-state index contributed by atoms with van der Waals surface area (Å²) >= 11 is 0. The van der Waals surface area contributed by atoms with Crippen LogP contribution in [-0.4, -0.2) is 12.6 Å². The van der Waals surface area contributed by atoms with E-state index in [0.717, 1.165) is 23.8 Å². The van der Waals surface area contributed by atoms with Gasteiger partial charge in [0.25, 0.3) is 0 Å². The molecule has 3 nitrogen and oxygen atoms in total. The Labute approximate surface area is 117 Å². The molecule has 0 saturated carbocycles. The summed E-state index contributed by atoms with van der Waals surface area (Å²) in [5.41, 5.74) is 0.808. The molecule has 0 aromatic heterocycles. The number of rotatable bonds is 5. The van der Waals surface area contributed by atoms with Crippen LogP contribution < -0.4 is 39.4 Å². The van der Waals surface area contributed by atoms with Crippen LogP contribution in [0.5, 0.6) is 5.75 Å². The minimum absolute atomic E-state index is 0. The van der Waals surface area contributed by atoms with Crippen LogP contribution in [0.15, 0.2) is 30.3 Å². The van der Waals surface area contributed by atoms with Gasteiger partial charge in [-0.1, -0.05) is 25.1 Å². The summed E-state index contributed by atoms with van der Waals surface area (Å²) in [5.74, 6) is -0.399. The number of carboxylic acids is 1. The number of carbonyl (C=O) groups is 1. The third-order valence-corrected chi connectivity index (χ3v) is 1.76. The average molecular weight is 228 g/mol. The van der Waals surface area contributed by atoms with Gasteiger partial charge >= 0.3 is 29.6 Å². The van der Waals surface area contributed by atoms with Gasteiger partial charge in [0.15, 0.2) is 0 Å². The number of carbonyl (C=O) groups excluding carboxylic acids is 1. The van der Waals surface area contributed by atoms with E-state index in [1.165, 1.54) is 6.08 Å². The molecule has 0 saturated heterocycles. The predicted molar refractivity (Wildman–Crippen MR) is 56.3 cm³/mol. The zero-order chi connectivity index (χ0) is 11.1. The monoisotopic (exact) mass is 228 g/mol. The van der Waals surface area contributed by atoms with Gasteiger partial charge in [-0.15, -0.1) is 0 Å². The van der Waals surface area contributed by atoms with Crippen LogP contribution in [0.2, 0.25) is 0 Å². The number of ether oxygens (including phenoxy) is 1. The molecular weight excluding hydrogens is 215 g/mol. The Bertz CT molecular complexity index is 344. The maximum Gasteiger partial charge on any atom is 1.00 e. The third-order valence-electron chi connectivity index (χ3n) is 1.76. The second-order valence-electron chi connectivity index (χ2n) is 3.07. The summed E-state index contributed by atoms with van der Waals surface area (Å²) < 4.78 is 5.38. The van der Waals surface area contributed by atoms with Crippen LogP contribution in [0.1, 0.15) is 18.9 Å². The number of hydrogen-bond acceptors (Lipinski definition) is 3. The van der Waals surface area contributed by atoms with Crippen LogP contribution >= 0.6 is 0 Å². The molecule has 1 aromatic carbocycles. The molecule has 80 valence electrons. The SMILES string of the molecule is CCCOc1ccc(/C=C/C(=O)[O-])cc1.[Na+]. The average Bonchev–Trinajstić information content (AvgIpc) is 2.25. The molecule has 0 aliphatic rings. The minimum Gasteiger partial charge on any atom is -0.545 e. The molecule has 0 aliphatic heterocycles. The molecule has 0 radical (unpaired) electrons. The first kappa shape index (κ1) is 15.2. The summed E-state index contributed by atoms with van der Waals surface area (Å²) in [7, 11) is 0. The van der Waals surface area contributed by atoms with Gasteiger partial charge in [-0.3, -0.25) is 0 Å². The largest absolute Gasteiger partial charge is 1.00 e. The molecule has 4 heteroatoms. The molecule has 0 N–H and O–H groups in total. The molecule has 0 heterocycles. The zero-order valence-corrected chi connectivity index (χ0v) is 11.6. The molecular formula is C12H13NaO3. The molecule has 16 heavy (non-hydrogen) atoms. The topological polar surface area (TPSA) is 49.4 Å². The summed E-state index contributed by atoms with van der Waals surface area (Å²) in [6.07, 6.45) is 3.45. The fraction of sp³-hybridized carbons (Fsp3) is 0.250. The van der Waals surface area contributed by atoms with Gasteiger partial charge in [0.1, 0.15) is 5.75 Å². The summed E-state index contributed by atoms with van der Waals surface area (Å²) in [6, 6.07) is 7.21. The van der Waals surface area contributed by atoms with E-state index in [2.05, 4.69) is 0 Å². The van der Waals surface area contributed by atoms with E-state index in [1.807, 2.05) is 19.1 Å². The molecule has 1 rings (SSSR count). The maximum absolute atomic E-state index is 10.2. The van der Waals surface area contributed by atoms with Crippen molar-refractivity contribution in [2.45, 2.75) is 13.3 Å². The Morgan fingerprint density at radius 2 is 2.00 bits per heavy atom. The number of hydrogen-bond donors (Lipinski definition) is 0. The Morgan fingerprint density at radius 3 is 2.50 bits per heavy atom. The maximum atomic E-state index is 10.2. The van der Waals surface area contributed by atoms with Crippen LogP contribution in [0, 0.1) is 0 Å². The van der Waals surface area contributed by atoms with Gasteiger partial charge in [-0.05, 0) is 30.2 Å². The number of carboxylic acid groups (broad SMARTS) is 1. The van der Waals surface area contributed by atoms with Crippen molar-refractivity contribution in [3.05, 3.63) is 35.9 Å². The van der Waals surface area contributed by atoms with Crippen molar-refractivity contribution in [1.82, 2.24) is 0 Å². The summed E-state index contributed by atoms with van der Waals surface area (Å²) in [6.45, 7) is 2.73. The normalized spacial score (nSPS) is 9.81. The van der Waals surface area contributed by atoms with E-state index in [0.29, 0.717) is 6.61 Å². The van der Waals surface area contributed by atoms with E-state index in [9.17, 15) is 9.90 Å². The van der Waals surface area contributed by atoms with Gasteiger partial charge in [-0.2, -0.15) is 0 Å². The molecule has 1 aromatic rings. The molecule has 0 atom stereocenters. The van der Waals surface area contributed by atoms with Crippen molar-refractivity contribution in [2.24, 2.45) is 0 Å². The van der Waals surface area contributed by atoms with Gasteiger partial charge in [0, 0.05) is 0 Å². The van der Waals surface area contributed by atoms with E-state index < -0.39 is 5.97 Å². The van der Waals surface area contributed by atoms with Gasteiger partial charge < -0.3 is 14.6 Å². The van der Waals surface area contributed by atoms with Crippen LogP contribution in [-0.2, 0) is 4.79 Å². The molecule has 0 unspecified atom stereocenters. The minimum atomic E-state index is -1.19. The number of aliphatic carboxylic acids is 1. The van der Waals surface area contributed by atoms with Crippen LogP contribution in [0.4, 0.5) is 0 Å². The molecule has 0 fully saturated rings. The van der Waals surface area contributed by atoms with Gasteiger partial charge in [0.2, 0.25) is 0 Å². The Hall–Kier alpha value is -0.770. The van der Waals surface area contributed by atoms with Crippen LogP contribution in [0.3, 0.4) is 0 Å². The van der Waals surface area contributed by atoms with Crippen molar-refractivity contribution in [2.75, 3.05) is 6.61 Å². The van der Waals surface area contributed by atoms with E-state index >= 15 is 0 Å². The van der Waals surface area contributed by atoms with Crippen molar-refractivity contribution in [1.29, 1.82) is 0 Å². The Morgan fingerprint density at radius 1 is 1.38 bits per heavy atom. The number of benzene rings is 1. The predicted octanol–water partition coefficient (Wildman–Crippen LogP) is -1.76.